The van der Waals surface area contributed by atoms with Gasteiger partial charge in [-0.15, -0.1) is 0 Å². The Morgan fingerprint density at radius 3 is 2.43 bits per heavy atom. The third-order valence-corrected chi connectivity index (χ3v) is 3.59. The average molecular weight is 327 g/mol. The lowest BCUT2D eigenvalue weighted by Gasteiger charge is -2.11. The van der Waals surface area contributed by atoms with Crippen molar-refractivity contribution in [3.05, 3.63) is 77.2 Å². The van der Waals surface area contributed by atoms with Crippen LogP contribution in [0.15, 0.2) is 65.3 Å². The second kappa shape index (κ2) is 6.58. The summed E-state index contributed by atoms with van der Waals surface area (Å²) < 4.78 is 5.06. The number of amides is 1. The summed E-state index contributed by atoms with van der Waals surface area (Å²) in [6.07, 6.45) is 1.47. The van der Waals surface area contributed by atoms with Crippen LogP contribution >= 0.6 is 11.6 Å². The molecule has 0 radical (unpaired) electrons. The van der Waals surface area contributed by atoms with Gasteiger partial charge in [-0.1, -0.05) is 11.6 Å². The Morgan fingerprint density at radius 1 is 1.04 bits per heavy atom. The first-order chi connectivity index (χ1) is 11.1. The predicted molar refractivity (Wildman–Crippen MR) is 92.6 cm³/mol. The molecule has 2 aromatic carbocycles. The van der Waals surface area contributed by atoms with E-state index in [0.29, 0.717) is 10.7 Å². The fourth-order valence-electron chi connectivity index (χ4n) is 2.16. The third-order valence-electron chi connectivity index (χ3n) is 3.36. The smallest absolute Gasteiger partial charge is 0.291 e. The molecule has 0 spiro atoms. The highest BCUT2D eigenvalue weighted by Gasteiger charge is 2.08. The molecule has 0 fully saturated rings. The number of carbonyl (C=O) groups excluding carboxylic acids is 1. The molecule has 5 heteroatoms. The summed E-state index contributed by atoms with van der Waals surface area (Å²) in [5.74, 6) is 0.00763. The zero-order valence-electron chi connectivity index (χ0n) is 12.5. The van der Waals surface area contributed by atoms with Gasteiger partial charge in [0, 0.05) is 22.1 Å². The summed E-state index contributed by atoms with van der Waals surface area (Å²) in [6.45, 7) is 1.99. The number of aryl methyl sites for hydroxylation is 1. The second-order valence-corrected chi connectivity index (χ2v) is 5.53. The molecule has 0 bridgehead atoms. The summed E-state index contributed by atoms with van der Waals surface area (Å²) in [7, 11) is 0. The maximum Gasteiger partial charge on any atom is 0.291 e. The van der Waals surface area contributed by atoms with Crippen molar-refractivity contribution >= 4 is 34.6 Å². The van der Waals surface area contributed by atoms with Gasteiger partial charge < -0.3 is 15.1 Å². The van der Waals surface area contributed by atoms with Gasteiger partial charge in [-0.3, -0.25) is 4.79 Å². The largest absolute Gasteiger partial charge is 0.459 e. The minimum Gasteiger partial charge on any atom is -0.459 e. The first kappa shape index (κ1) is 15.2. The lowest BCUT2D eigenvalue weighted by molar-refractivity contribution is 0.0996. The molecule has 0 aliphatic rings. The molecule has 0 aliphatic heterocycles. The molecule has 1 heterocycles. The normalized spacial score (nSPS) is 10.3. The van der Waals surface area contributed by atoms with Crippen molar-refractivity contribution in [3.63, 3.8) is 0 Å². The fourth-order valence-corrected chi connectivity index (χ4v) is 2.39. The lowest BCUT2D eigenvalue weighted by atomic mass is 10.2. The van der Waals surface area contributed by atoms with Gasteiger partial charge in [-0.2, -0.15) is 0 Å². The highest BCUT2D eigenvalue weighted by Crippen LogP contribution is 2.24. The summed E-state index contributed by atoms with van der Waals surface area (Å²) in [4.78, 5) is 11.9. The Kier molecular flexibility index (Phi) is 4.35. The van der Waals surface area contributed by atoms with Crippen molar-refractivity contribution in [2.45, 2.75) is 6.92 Å². The number of hydrogen-bond acceptors (Lipinski definition) is 3. The molecular weight excluding hydrogens is 312 g/mol. The van der Waals surface area contributed by atoms with Crippen LogP contribution in [0.3, 0.4) is 0 Å². The van der Waals surface area contributed by atoms with E-state index in [4.69, 9.17) is 16.0 Å². The van der Waals surface area contributed by atoms with E-state index in [2.05, 4.69) is 10.6 Å². The van der Waals surface area contributed by atoms with Crippen molar-refractivity contribution < 1.29 is 9.21 Å². The van der Waals surface area contributed by atoms with Crippen LogP contribution in [0.5, 0.6) is 0 Å². The highest BCUT2D eigenvalue weighted by atomic mass is 35.5. The van der Waals surface area contributed by atoms with E-state index in [1.54, 1.807) is 12.1 Å². The van der Waals surface area contributed by atoms with Gasteiger partial charge in [0.2, 0.25) is 0 Å². The zero-order valence-corrected chi connectivity index (χ0v) is 13.2. The van der Waals surface area contributed by atoms with Crippen LogP contribution in [0.2, 0.25) is 5.02 Å². The number of nitrogens with one attached hydrogen (secondary N) is 2. The molecule has 3 aromatic rings. The van der Waals surface area contributed by atoms with E-state index in [1.807, 2.05) is 49.4 Å². The average Bonchev–Trinajstić information content (AvgIpc) is 3.06. The molecule has 4 nitrogen and oxygen atoms in total. The van der Waals surface area contributed by atoms with Gasteiger partial charge in [-0.25, -0.2) is 0 Å². The van der Waals surface area contributed by atoms with Crippen LogP contribution in [-0.2, 0) is 0 Å². The molecule has 3 rings (SSSR count). The van der Waals surface area contributed by atoms with Crippen molar-refractivity contribution in [3.8, 4) is 0 Å². The third kappa shape index (κ3) is 3.73. The first-order valence-electron chi connectivity index (χ1n) is 7.10. The Balaban J connectivity index is 1.68. The molecule has 1 aromatic heterocycles. The Hall–Kier alpha value is -2.72. The molecule has 116 valence electrons. The SMILES string of the molecule is Cc1cc(Cl)ccc1Nc1ccc(NC(=O)c2ccco2)cc1. The Morgan fingerprint density at radius 2 is 1.78 bits per heavy atom. The molecule has 0 saturated heterocycles. The maximum absolute atomic E-state index is 11.9. The molecule has 0 aliphatic carbocycles. The second-order valence-electron chi connectivity index (χ2n) is 5.09. The molecule has 0 unspecified atom stereocenters. The molecule has 0 saturated carbocycles. The number of benzene rings is 2. The highest BCUT2D eigenvalue weighted by molar-refractivity contribution is 6.30. The van der Waals surface area contributed by atoms with Crippen LogP contribution in [0.4, 0.5) is 17.1 Å². The fraction of sp³-hybridized carbons (Fsp3) is 0.0556. The lowest BCUT2D eigenvalue weighted by Crippen LogP contribution is -2.10. The van der Waals surface area contributed by atoms with Gasteiger partial charge in [0.05, 0.1) is 6.26 Å². The minimum absolute atomic E-state index is 0.274. The van der Waals surface area contributed by atoms with Crippen LogP contribution in [-0.4, -0.2) is 5.91 Å². The predicted octanol–water partition coefficient (Wildman–Crippen LogP) is 5.24. The number of carbonyl (C=O) groups is 1. The summed E-state index contributed by atoms with van der Waals surface area (Å²) in [5.41, 5.74) is 3.67. The Bertz CT molecular complexity index is 812. The van der Waals surface area contributed by atoms with Crippen LogP contribution in [0, 0.1) is 6.92 Å². The number of halogens is 1. The molecule has 1 amide bonds. The molecule has 23 heavy (non-hydrogen) atoms. The van der Waals surface area contributed by atoms with Crippen LogP contribution in [0.25, 0.3) is 0 Å². The van der Waals surface area contributed by atoms with E-state index in [1.165, 1.54) is 6.26 Å². The molecule has 2 N–H and O–H groups in total. The van der Waals surface area contributed by atoms with Crippen LogP contribution in [0.1, 0.15) is 16.1 Å². The van der Waals surface area contributed by atoms with E-state index in [-0.39, 0.29) is 11.7 Å². The maximum atomic E-state index is 11.9. The summed E-state index contributed by atoms with van der Waals surface area (Å²) in [5, 5.41) is 6.81. The van der Waals surface area contributed by atoms with Gasteiger partial charge in [0.1, 0.15) is 0 Å². The van der Waals surface area contributed by atoms with E-state index in [0.717, 1.165) is 16.9 Å². The molecular formula is C18H15ClN2O2. The van der Waals surface area contributed by atoms with Gasteiger partial charge >= 0.3 is 0 Å². The van der Waals surface area contributed by atoms with Crippen molar-refractivity contribution in [2.75, 3.05) is 10.6 Å². The topological polar surface area (TPSA) is 54.3 Å². The summed E-state index contributed by atoms with van der Waals surface area (Å²) in [6, 6.07) is 16.4. The number of furan rings is 1. The van der Waals surface area contributed by atoms with E-state index >= 15 is 0 Å². The monoisotopic (exact) mass is 326 g/mol. The van der Waals surface area contributed by atoms with E-state index < -0.39 is 0 Å². The zero-order chi connectivity index (χ0) is 16.2. The van der Waals surface area contributed by atoms with Crippen molar-refractivity contribution in [1.29, 1.82) is 0 Å². The van der Waals surface area contributed by atoms with Gasteiger partial charge in [0.15, 0.2) is 5.76 Å². The Labute approximate surface area is 139 Å². The van der Waals surface area contributed by atoms with Gasteiger partial charge in [0.25, 0.3) is 5.91 Å². The van der Waals surface area contributed by atoms with E-state index in [9.17, 15) is 4.79 Å². The minimum atomic E-state index is -0.274. The summed E-state index contributed by atoms with van der Waals surface area (Å²) >= 11 is 5.96. The van der Waals surface area contributed by atoms with Crippen molar-refractivity contribution in [2.24, 2.45) is 0 Å². The van der Waals surface area contributed by atoms with Crippen LogP contribution < -0.4 is 10.6 Å². The molecule has 0 atom stereocenters. The van der Waals surface area contributed by atoms with Crippen molar-refractivity contribution in [1.82, 2.24) is 0 Å². The van der Waals surface area contributed by atoms with Gasteiger partial charge in [-0.05, 0) is 67.1 Å². The quantitative estimate of drug-likeness (QED) is 0.689. The number of rotatable bonds is 4. The first-order valence-corrected chi connectivity index (χ1v) is 7.48. The number of anilines is 3. The number of hydrogen-bond donors (Lipinski definition) is 2. The standard InChI is InChI=1S/C18H15ClN2O2/c1-12-11-13(19)4-9-16(12)20-14-5-7-15(8-6-14)21-18(22)17-3-2-10-23-17/h2-11,20H,1H3,(H,21,22).